The fourth-order valence-corrected chi connectivity index (χ4v) is 2.22. The average molecular weight is 289 g/mol. The smallest absolute Gasteiger partial charge is 0.405 e. The molecule has 1 atom stereocenters. The Hall–Kier alpha value is -1.96. The van der Waals surface area contributed by atoms with Crippen molar-refractivity contribution >= 4 is 6.03 Å². The van der Waals surface area contributed by atoms with E-state index in [0.717, 1.165) is 0 Å². The maximum absolute atomic E-state index is 12.4. The zero-order valence-corrected chi connectivity index (χ0v) is 10.5. The molecule has 1 aliphatic rings. The lowest BCUT2D eigenvalue weighted by atomic mass is 10.0. The number of urea groups is 1. The number of alkyl halides is 3. The Labute approximate surface area is 113 Å². The molecule has 1 unspecified atom stereocenters. The Morgan fingerprint density at radius 3 is 2.75 bits per heavy atom. The van der Waals surface area contributed by atoms with Crippen LogP contribution in [-0.2, 0) is 0 Å². The van der Waals surface area contributed by atoms with Crippen LogP contribution in [0.4, 0.5) is 18.0 Å². The summed E-state index contributed by atoms with van der Waals surface area (Å²) in [5, 5.41) is 3.02. The third-order valence-electron chi connectivity index (χ3n) is 3.03. The van der Waals surface area contributed by atoms with Crippen LogP contribution in [0.3, 0.4) is 0 Å². The number of nitrogens with one attached hydrogen (secondary N) is 1. The molecule has 1 heterocycles. The lowest BCUT2D eigenvalue weighted by molar-refractivity contribution is -0.275. The van der Waals surface area contributed by atoms with Crippen LogP contribution in [0.25, 0.3) is 0 Å². The van der Waals surface area contributed by atoms with Crippen LogP contribution in [0.1, 0.15) is 11.6 Å². The first kappa shape index (κ1) is 14.4. The maximum Gasteiger partial charge on any atom is 0.573 e. The fraction of sp³-hybridized carbons (Fsp3) is 0.417. The van der Waals surface area contributed by atoms with Crippen LogP contribution < -0.4 is 15.8 Å². The molecule has 8 heteroatoms. The van der Waals surface area contributed by atoms with Gasteiger partial charge in [-0.25, -0.2) is 4.79 Å². The molecule has 0 bridgehead atoms. The Bertz CT molecular complexity index is 493. The van der Waals surface area contributed by atoms with Crippen LogP contribution in [0.15, 0.2) is 24.3 Å². The van der Waals surface area contributed by atoms with E-state index < -0.39 is 18.4 Å². The lowest BCUT2D eigenvalue weighted by Crippen LogP contribution is -2.50. The topological polar surface area (TPSA) is 67.6 Å². The maximum atomic E-state index is 12.4. The van der Waals surface area contributed by atoms with Gasteiger partial charge in [-0.15, -0.1) is 13.2 Å². The number of primary amides is 1. The quantitative estimate of drug-likeness (QED) is 0.869. The van der Waals surface area contributed by atoms with E-state index in [1.807, 2.05) is 0 Å². The van der Waals surface area contributed by atoms with E-state index in [2.05, 4.69) is 10.1 Å². The van der Waals surface area contributed by atoms with Crippen LogP contribution in [0, 0.1) is 0 Å². The number of benzene rings is 1. The molecule has 1 saturated heterocycles. The predicted octanol–water partition coefficient (Wildman–Crippen LogP) is 1.61. The second-order valence-electron chi connectivity index (χ2n) is 4.34. The van der Waals surface area contributed by atoms with Gasteiger partial charge in [0.1, 0.15) is 5.75 Å². The molecule has 0 spiro atoms. The summed E-state index contributed by atoms with van der Waals surface area (Å²) in [4.78, 5) is 12.7. The number of carbonyl (C=O) groups is 1. The van der Waals surface area contributed by atoms with Gasteiger partial charge >= 0.3 is 12.4 Å². The minimum absolute atomic E-state index is 0.274. The van der Waals surface area contributed by atoms with E-state index in [4.69, 9.17) is 5.73 Å². The van der Waals surface area contributed by atoms with Gasteiger partial charge in [0, 0.05) is 25.2 Å². The van der Waals surface area contributed by atoms with E-state index in [0.29, 0.717) is 19.6 Å². The highest BCUT2D eigenvalue weighted by molar-refractivity contribution is 5.73. The van der Waals surface area contributed by atoms with Crippen LogP contribution in [0.5, 0.6) is 5.75 Å². The van der Waals surface area contributed by atoms with Crippen LogP contribution in [-0.4, -0.2) is 36.9 Å². The van der Waals surface area contributed by atoms with Crippen molar-refractivity contribution in [3.8, 4) is 5.75 Å². The van der Waals surface area contributed by atoms with Gasteiger partial charge in [-0.05, 0) is 6.07 Å². The van der Waals surface area contributed by atoms with Crippen molar-refractivity contribution in [2.45, 2.75) is 12.4 Å². The van der Waals surface area contributed by atoms with Gasteiger partial charge in [0.25, 0.3) is 0 Å². The van der Waals surface area contributed by atoms with Crippen molar-refractivity contribution < 1.29 is 22.7 Å². The highest BCUT2D eigenvalue weighted by atomic mass is 19.4. The minimum Gasteiger partial charge on any atom is -0.405 e. The number of piperazine rings is 1. The fourth-order valence-electron chi connectivity index (χ4n) is 2.22. The summed E-state index contributed by atoms with van der Waals surface area (Å²) in [5.74, 6) is -0.319. The van der Waals surface area contributed by atoms with E-state index >= 15 is 0 Å². The van der Waals surface area contributed by atoms with Crippen molar-refractivity contribution in [2.24, 2.45) is 5.73 Å². The third-order valence-corrected chi connectivity index (χ3v) is 3.03. The number of para-hydroxylation sites is 1. The average Bonchev–Trinajstić information content (AvgIpc) is 2.37. The lowest BCUT2D eigenvalue weighted by Gasteiger charge is -2.35. The predicted molar refractivity (Wildman–Crippen MR) is 65.0 cm³/mol. The Kier molecular flexibility index (Phi) is 4.03. The van der Waals surface area contributed by atoms with Crippen molar-refractivity contribution in [3.05, 3.63) is 29.8 Å². The number of carbonyl (C=O) groups excluding carboxylic acids is 1. The summed E-state index contributed by atoms with van der Waals surface area (Å²) in [6.07, 6.45) is -4.78. The molecular weight excluding hydrogens is 275 g/mol. The highest BCUT2D eigenvalue weighted by Gasteiger charge is 2.35. The van der Waals surface area contributed by atoms with Crippen molar-refractivity contribution in [1.82, 2.24) is 10.2 Å². The SMILES string of the molecule is NC(=O)N1CCNCC1c1ccccc1OC(F)(F)F. The number of halogens is 3. The second-order valence-corrected chi connectivity index (χ2v) is 4.34. The van der Waals surface area contributed by atoms with Crippen molar-refractivity contribution in [2.75, 3.05) is 19.6 Å². The number of rotatable bonds is 2. The molecule has 3 N–H and O–H groups in total. The monoisotopic (exact) mass is 289 g/mol. The van der Waals surface area contributed by atoms with Gasteiger partial charge < -0.3 is 20.7 Å². The number of amides is 2. The first-order valence-corrected chi connectivity index (χ1v) is 6.00. The number of nitrogens with two attached hydrogens (primary N) is 1. The molecule has 1 aromatic carbocycles. The third kappa shape index (κ3) is 3.32. The van der Waals surface area contributed by atoms with Crippen molar-refractivity contribution in [1.29, 1.82) is 0 Å². The molecule has 2 amide bonds. The molecule has 1 fully saturated rings. The minimum atomic E-state index is -4.78. The van der Waals surface area contributed by atoms with Gasteiger partial charge in [0.05, 0.1) is 6.04 Å². The summed E-state index contributed by atoms with van der Waals surface area (Å²) < 4.78 is 41.2. The number of ether oxygens (including phenoxy) is 1. The number of nitrogens with zero attached hydrogens (tertiary/aromatic N) is 1. The van der Waals surface area contributed by atoms with E-state index in [1.165, 1.54) is 23.1 Å². The molecule has 1 aliphatic heterocycles. The summed E-state index contributed by atoms with van der Waals surface area (Å²) in [6, 6.07) is 4.49. The summed E-state index contributed by atoms with van der Waals surface area (Å²) in [6.45, 7) is 1.20. The number of hydrogen-bond acceptors (Lipinski definition) is 3. The molecule has 5 nitrogen and oxygen atoms in total. The van der Waals surface area contributed by atoms with Crippen LogP contribution in [0.2, 0.25) is 0 Å². The Morgan fingerprint density at radius 1 is 1.40 bits per heavy atom. The van der Waals surface area contributed by atoms with Crippen LogP contribution >= 0.6 is 0 Å². The molecule has 2 rings (SSSR count). The molecule has 20 heavy (non-hydrogen) atoms. The van der Waals surface area contributed by atoms with Gasteiger partial charge in [-0.1, -0.05) is 18.2 Å². The summed E-state index contributed by atoms with van der Waals surface area (Å²) in [5.41, 5.74) is 5.54. The second kappa shape index (κ2) is 5.58. The molecule has 0 aliphatic carbocycles. The largest absolute Gasteiger partial charge is 0.573 e. The molecule has 0 aromatic heterocycles. The number of hydrogen-bond donors (Lipinski definition) is 2. The van der Waals surface area contributed by atoms with Crippen molar-refractivity contribution in [3.63, 3.8) is 0 Å². The zero-order chi connectivity index (χ0) is 14.8. The Balaban J connectivity index is 2.33. The standard InChI is InChI=1S/C12H14F3N3O2/c13-12(14,15)20-10-4-2-1-3-8(10)9-7-17-5-6-18(9)11(16)19/h1-4,9,17H,5-7H2,(H2,16,19). The van der Waals surface area contributed by atoms with E-state index in [9.17, 15) is 18.0 Å². The Morgan fingerprint density at radius 2 is 2.10 bits per heavy atom. The molecule has 0 saturated carbocycles. The normalized spacial score (nSPS) is 19.8. The van der Waals surface area contributed by atoms with Gasteiger partial charge in [0.15, 0.2) is 0 Å². The summed E-state index contributed by atoms with van der Waals surface area (Å²) in [7, 11) is 0. The van der Waals surface area contributed by atoms with Gasteiger partial charge in [-0.2, -0.15) is 0 Å². The molecule has 1 aromatic rings. The molecular formula is C12H14F3N3O2. The molecule has 0 radical (unpaired) electrons. The zero-order valence-electron chi connectivity index (χ0n) is 10.5. The van der Waals surface area contributed by atoms with Gasteiger partial charge in [0.2, 0.25) is 0 Å². The van der Waals surface area contributed by atoms with E-state index in [1.54, 1.807) is 6.07 Å². The summed E-state index contributed by atoms with van der Waals surface area (Å²) >= 11 is 0. The first-order chi connectivity index (χ1) is 9.38. The highest BCUT2D eigenvalue weighted by Crippen LogP contribution is 2.33. The van der Waals surface area contributed by atoms with E-state index in [-0.39, 0.29) is 11.3 Å². The molecule has 110 valence electrons. The van der Waals surface area contributed by atoms with Gasteiger partial charge in [-0.3, -0.25) is 0 Å². The first-order valence-electron chi connectivity index (χ1n) is 6.00.